The normalized spacial score (nSPS) is 14.3. The Labute approximate surface area is 360 Å². The van der Waals surface area contributed by atoms with Gasteiger partial charge in [-0.2, -0.15) is 0 Å². The third-order valence-corrected chi connectivity index (χ3v) is 12.4. The third kappa shape index (κ3) is 9.50. The van der Waals surface area contributed by atoms with E-state index < -0.39 is 6.04 Å². The minimum atomic E-state index is -0.505. The molecule has 61 heavy (non-hydrogen) atoms. The van der Waals surface area contributed by atoms with Crippen molar-refractivity contribution in [1.29, 1.82) is 0 Å². The van der Waals surface area contributed by atoms with Gasteiger partial charge < -0.3 is 30.4 Å². The first-order chi connectivity index (χ1) is 29.8. The first-order valence-electron chi connectivity index (χ1n) is 22.3. The predicted molar refractivity (Wildman–Crippen MR) is 245 cm³/mol. The molecule has 6 aromatic rings. The summed E-state index contributed by atoms with van der Waals surface area (Å²) in [5.41, 5.74) is 10.9. The standard InChI is InChI=1S/C51H60N8O2/c1-5-25-58(48(60)31-52-4)33-47-55-44-24-22-41-28-40(21-23-43(41)50(44)57-47)37-17-18-39-29-42(20-19-38(39)27-37)45-30-53-46(56-45)32-59(26-6-2)51(61)49(36-15-11-8-12-16-36)54-34(3)35-13-9-7-10-14-35/h8,11-12,15-21,23,27-30,35,49,52,54H,3,5-7,9-10,13-14,22,24-26,31-33H2,1-2,4H3,(H,53,56)(H,55,57). The van der Waals surface area contributed by atoms with Crippen molar-refractivity contribution in [3.63, 3.8) is 0 Å². The number of nitrogens with one attached hydrogen (secondary N) is 4. The van der Waals surface area contributed by atoms with E-state index in [0.29, 0.717) is 38.6 Å². The number of benzene rings is 4. The number of carbonyl (C=O) groups excluding carboxylic acids is 2. The zero-order valence-electron chi connectivity index (χ0n) is 36.0. The molecule has 316 valence electrons. The molecule has 1 unspecified atom stereocenters. The van der Waals surface area contributed by atoms with Gasteiger partial charge in [0.25, 0.3) is 0 Å². The van der Waals surface area contributed by atoms with Crippen LogP contribution in [0.3, 0.4) is 0 Å². The smallest absolute Gasteiger partial charge is 0.250 e. The van der Waals surface area contributed by atoms with E-state index in [1.807, 2.05) is 46.3 Å². The number of likely N-dealkylation sites (N-methyl/N-ethyl adjacent to an activating group) is 1. The highest BCUT2D eigenvalue weighted by atomic mass is 16.2. The number of H-pyrrole nitrogens is 2. The van der Waals surface area contributed by atoms with Crippen molar-refractivity contribution >= 4 is 22.6 Å². The summed E-state index contributed by atoms with van der Waals surface area (Å²) in [5, 5.41) is 8.88. The van der Waals surface area contributed by atoms with Crippen molar-refractivity contribution in [3.05, 3.63) is 132 Å². The molecule has 0 spiro atoms. The van der Waals surface area contributed by atoms with Gasteiger partial charge in [0.1, 0.15) is 17.7 Å². The van der Waals surface area contributed by atoms with E-state index in [0.717, 1.165) is 94.9 Å². The van der Waals surface area contributed by atoms with Crippen LogP contribution in [0, 0.1) is 5.92 Å². The molecule has 0 radical (unpaired) electrons. The molecule has 2 aliphatic rings. The molecule has 2 aliphatic carbocycles. The maximum Gasteiger partial charge on any atom is 0.250 e. The molecule has 10 heteroatoms. The second kappa shape index (κ2) is 19.1. The number of imidazole rings is 2. The third-order valence-electron chi connectivity index (χ3n) is 12.4. The van der Waals surface area contributed by atoms with Crippen LogP contribution in [0.15, 0.2) is 103 Å². The molecular weight excluding hydrogens is 757 g/mol. The zero-order valence-corrected chi connectivity index (χ0v) is 36.0. The van der Waals surface area contributed by atoms with Crippen molar-refractivity contribution in [2.45, 2.75) is 90.8 Å². The number of hydrogen-bond acceptors (Lipinski definition) is 6. The lowest BCUT2D eigenvalue weighted by molar-refractivity contribution is -0.134. The average Bonchev–Trinajstić information content (AvgIpc) is 3.95. The summed E-state index contributed by atoms with van der Waals surface area (Å²) in [6.45, 7) is 11.2. The van der Waals surface area contributed by atoms with Gasteiger partial charge in [0.15, 0.2) is 0 Å². The topological polar surface area (TPSA) is 122 Å². The van der Waals surface area contributed by atoms with Crippen molar-refractivity contribution in [1.82, 2.24) is 40.4 Å². The van der Waals surface area contributed by atoms with Crippen LogP contribution >= 0.6 is 0 Å². The minimum absolute atomic E-state index is 0.0347. The minimum Gasteiger partial charge on any atom is -0.374 e. The van der Waals surface area contributed by atoms with Crippen molar-refractivity contribution in [2.75, 3.05) is 26.7 Å². The maximum atomic E-state index is 14.4. The van der Waals surface area contributed by atoms with Gasteiger partial charge in [-0.1, -0.05) is 112 Å². The summed E-state index contributed by atoms with van der Waals surface area (Å²) >= 11 is 0. The van der Waals surface area contributed by atoms with Crippen LogP contribution in [0.5, 0.6) is 0 Å². The van der Waals surface area contributed by atoms with E-state index in [1.165, 1.54) is 41.5 Å². The Morgan fingerprint density at radius 2 is 1.49 bits per heavy atom. The number of allylic oxidation sites excluding steroid dienone is 1. The highest BCUT2D eigenvalue weighted by Gasteiger charge is 2.29. The fourth-order valence-corrected chi connectivity index (χ4v) is 9.19. The molecule has 0 aliphatic heterocycles. The number of aryl methyl sites for hydroxylation is 2. The Bertz CT molecular complexity index is 2480. The quantitative estimate of drug-likeness (QED) is 0.0728. The molecule has 4 N–H and O–H groups in total. The van der Waals surface area contributed by atoms with E-state index >= 15 is 0 Å². The maximum absolute atomic E-state index is 14.4. The van der Waals surface area contributed by atoms with Crippen molar-refractivity contribution in [3.8, 4) is 33.6 Å². The fourth-order valence-electron chi connectivity index (χ4n) is 9.19. The Morgan fingerprint density at radius 1 is 0.803 bits per heavy atom. The van der Waals surface area contributed by atoms with Crippen LogP contribution < -0.4 is 10.6 Å². The lowest BCUT2D eigenvalue weighted by atomic mass is 9.87. The molecule has 2 aromatic heterocycles. The first-order valence-corrected chi connectivity index (χ1v) is 22.3. The largest absolute Gasteiger partial charge is 0.374 e. The van der Waals surface area contributed by atoms with Crippen LogP contribution in [0.4, 0.5) is 0 Å². The summed E-state index contributed by atoms with van der Waals surface area (Å²) in [6, 6.07) is 29.5. The molecule has 1 saturated carbocycles. The zero-order chi connectivity index (χ0) is 42.3. The Balaban J connectivity index is 0.962. The molecule has 2 heterocycles. The van der Waals surface area contributed by atoms with Crippen LogP contribution in [0.2, 0.25) is 0 Å². The Kier molecular flexibility index (Phi) is 13.1. The molecule has 8 rings (SSSR count). The second-order valence-corrected chi connectivity index (χ2v) is 16.9. The molecule has 1 atom stereocenters. The van der Waals surface area contributed by atoms with E-state index in [2.05, 4.69) is 95.6 Å². The fraction of sp³-hybridized carbons (Fsp3) is 0.373. The average molecular weight is 817 g/mol. The van der Waals surface area contributed by atoms with E-state index in [4.69, 9.17) is 9.97 Å². The number of hydrogen-bond donors (Lipinski definition) is 4. The molecular formula is C51H60N8O2. The number of rotatable bonds is 17. The number of fused-ring (bicyclic) bond motifs is 4. The van der Waals surface area contributed by atoms with Gasteiger partial charge in [-0.25, -0.2) is 9.97 Å². The van der Waals surface area contributed by atoms with Crippen LogP contribution in [0.1, 0.15) is 93.3 Å². The SMILES string of the molecule is C=C(NC(C(=O)N(CCC)Cc1ncc(-c2ccc3cc(-c4ccc5c(c4)CCc4nc(CN(CCC)C(=O)CNC)[nH]c4-5)ccc3c2)[nH]1)c1ccccc1)C1CCCCC1. The lowest BCUT2D eigenvalue weighted by Gasteiger charge is -2.31. The lowest BCUT2D eigenvalue weighted by Crippen LogP contribution is -2.41. The summed E-state index contributed by atoms with van der Waals surface area (Å²) < 4.78 is 0. The highest BCUT2D eigenvalue weighted by molar-refractivity contribution is 5.91. The summed E-state index contributed by atoms with van der Waals surface area (Å²) in [6.07, 6.45) is 11.4. The number of carbonyl (C=O) groups is 2. The Hall–Kier alpha value is -6.00. The van der Waals surface area contributed by atoms with Crippen LogP contribution in [-0.2, 0) is 35.5 Å². The molecule has 0 saturated heterocycles. The summed E-state index contributed by atoms with van der Waals surface area (Å²) in [7, 11) is 1.80. The van der Waals surface area contributed by atoms with Gasteiger partial charge in [0, 0.05) is 29.9 Å². The number of aromatic amines is 2. The molecule has 1 fully saturated rings. The monoisotopic (exact) mass is 816 g/mol. The Morgan fingerprint density at radius 3 is 2.25 bits per heavy atom. The van der Waals surface area contributed by atoms with Crippen LogP contribution in [0.25, 0.3) is 44.4 Å². The van der Waals surface area contributed by atoms with Crippen molar-refractivity contribution in [2.24, 2.45) is 5.92 Å². The molecule has 2 amide bonds. The van der Waals surface area contributed by atoms with Gasteiger partial charge in [0.2, 0.25) is 11.8 Å². The van der Waals surface area contributed by atoms with Gasteiger partial charge in [-0.15, -0.1) is 0 Å². The molecule has 0 bridgehead atoms. The van der Waals surface area contributed by atoms with Gasteiger partial charge in [-0.05, 0) is 96.6 Å². The van der Waals surface area contributed by atoms with Gasteiger partial charge in [0.05, 0.1) is 42.9 Å². The highest BCUT2D eigenvalue weighted by Crippen LogP contribution is 2.36. The number of aromatic nitrogens is 4. The van der Waals surface area contributed by atoms with E-state index in [9.17, 15) is 9.59 Å². The molecule has 10 nitrogen and oxygen atoms in total. The second-order valence-electron chi connectivity index (χ2n) is 16.9. The summed E-state index contributed by atoms with van der Waals surface area (Å²) in [4.78, 5) is 47.7. The van der Waals surface area contributed by atoms with Crippen molar-refractivity contribution < 1.29 is 9.59 Å². The number of nitrogens with zero attached hydrogens (tertiary/aromatic N) is 4. The van der Waals surface area contributed by atoms with E-state index in [-0.39, 0.29) is 11.8 Å². The van der Waals surface area contributed by atoms with Gasteiger partial charge in [-0.3, -0.25) is 9.59 Å². The van der Waals surface area contributed by atoms with Gasteiger partial charge >= 0.3 is 0 Å². The molecule has 4 aromatic carbocycles. The van der Waals surface area contributed by atoms with E-state index in [1.54, 1.807) is 7.05 Å². The van der Waals surface area contributed by atoms with Crippen LogP contribution in [-0.4, -0.2) is 68.2 Å². The number of amides is 2. The first kappa shape index (κ1) is 41.7. The predicted octanol–water partition coefficient (Wildman–Crippen LogP) is 9.51. The summed E-state index contributed by atoms with van der Waals surface area (Å²) in [5.74, 6) is 2.12.